The monoisotopic (exact) mass is 509 g/mol. The van der Waals surface area contributed by atoms with Crippen molar-refractivity contribution in [3.05, 3.63) is 40.3 Å². The van der Waals surface area contributed by atoms with Crippen LogP contribution in [-0.2, 0) is 14.8 Å². The molecule has 0 aliphatic heterocycles. The molecule has 0 radical (unpaired) electrons. The number of anilines is 1. The number of hydrogen-bond acceptors (Lipinski definition) is 8. The standard InChI is InChI=1S/C22H27N3O5S3/c1-5-12-25(13-6-2)33(28,29)17-10-8-16(9-11-17)20(26)24-21-18(31-14-23)15(4)19(32-21)22(27)30-7-3/h8-11H,5-7,12-13H2,1-4H3,(H,24,26). The molecule has 0 fully saturated rings. The number of sulfonamides is 1. The summed E-state index contributed by atoms with van der Waals surface area (Å²) in [5.41, 5.74) is 0.816. The second-order valence-electron chi connectivity index (χ2n) is 7.01. The third kappa shape index (κ3) is 6.35. The van der Waals surface area contributed by atoms with Crippen LogP contribution in [0.2, 0.25) is 0 Å². The largest absolute Gasteiger partial charge is 0.462 e. The summed E-state index contributed by atoms with van der Waals surface area (Å²) in [4.78, 5) is 25.9. The predicted molar refractivity (Wildman–Crippen MR) is 130 cm³/mol. The quantitative estimate of drug-likeness (QED) is 0.261. The number of esters is 1. The molecule has 11 heteroatoms. The van der Waals surface area contributed by atoms with Gasteiger partial charge in [0.1, 0.15) is 15.3 Å². The van der Waals surface area contributed by atoms with E-state index in [2.05, 4.69) is 5.32 Å². The average molecular weight is 510 g/mol. The van der Waals surface area contributed by atoms with E-state index in [0.717, 1.165) is 23.1 Å². The topological polar surface area (TPSA) is 117 Å². The van der Waals surface area contributed by atoms with E-state index in [-0.39, 0.29) is 17.1 Å². The number of hydrogen-bond donors (Lipinski definition) is 1. The molecule has 0 aliphatic rings. The maximum atomic E-state index is 12.9. The molecule has 1 heterocycles. The smallest absolute Gasteiger partial charge is 0.348 e. The van der Waals surface area contributed by atoms with Crippen molar-refractivity contribution in [2.24, 2.45) is 0 Å². The van der Waals surface area contributed by atoms with Gasteiger partial charge in [0.15, 0.2) is 0 Å². The minimum Gasteiger partial charge on any atom is -0.462 e. The molecule has 0 saturated carbocycles. The van der Waals surface area contributed by atoms with Crippen LogP contribution < -0.4 is 5.32 Å². The molecule has 33 heavy (non-hydrogen) atoms. The Labute approximate surface area is 203 Å². The van der Waals surface area contributed by atoms with Gasteiger partial charge in [-0.25, -0.2) is 13.2 Å². The highest BCUT2D eigenvalue weighted by molar-refractivity contribution is 8.04. The van der Waals surface area contributed by atoms with Crippen LogP contribution in [0.3, 0.4) is 0 Å². The van der Waals surface area contributed by atoms with Crippen molar-refractivity contribution in [2.75, 3.05) is 25.0 Å². The number of rotatable bonds is 11. The molecule has 0 aliphatic carbocycles. The first-order valence-corrected chi connectivity index (χ1v) is 13.6. The molecule has 8 nitrogen and oxygen atoms in total. The third-order valence-electron chi connectivity index (χ3n) is 4.63. The van der Waals surface area contributed by atoms with Crippen LogP contribution in [0.15, 0.2) is 34.1 Å². The zero-order valence-corrected chi connectivity index (χ0v) is 21.5. The van der Waals surface area contributed by atoms with E-state index in [4.69, 9.17) is 10.00 Å². The van der Waals surface area contributed by atoms with Crippen molar-refractivity contribution >= 4 is 50.0 Å². The van der Waals surface area contributed by atoms with Crippen molar-refractivity contribution in [2.45, 2.75) is 50.3 Å². The zero-order chi connectivity index (χ0) is 24.6. The van der Waals surface area contributed by atoms with Crippen LogP contribution in [0.25, 0.3) is 0 Å². The van der Waals surface area contributed by atoms with Crippen LogP contribution in [0.1, 0.15) is 59.2 Å². The van der Waals surface area contributed by atoms with Crippen molar-refractivity contribution in [1.29, 1.82) is 5.26 Å². The minimum absolute atomic E-state index is 0.123. The number of nitriles is 1. The summed E-state index contributed by atoms with van der Waals surface area (Å²) in [5.74, 6) is -0.993. The predicted octanol–water partition coefficient (Wildman–Crippen LogP) is 4.87. The molecule has 0 unspecified atom stereocenters. The van der Waals surface area contributed by atoms with Crippen LogP contribution in [-0.4, -0.2) is 44.3 Å². The highest BCUT2D eigenvalue weighted by Crippen LogP contribution is 2.40. The van der Waals surface area contributed by atoms with E-state index >= 15 is 0 Å². The fraction of sp³-hybridized carbons (Fsp3) is 0.409. The fourth-order valence-electron chi connectivity index (χ4n) is 3.09. The van der Waals surface area contributed by atoms with E-state index in [0.29, 0.717) is 46.3 Å². The lowest BCUT2D eigenvalue weighted by Gasteiger charge is -2.21. The molecule has 178 valence electrons. The summed E-state index contributed by atoms with van der Waals surface area (Å²) < 4.78 is 32.3. The molecule has 1 N–H and O–H groups in total. The fourth-order valence-corrected chi connectivity index (χ4v) is 6.51. The Balaban J connectivity index is 2.29. The highest BCUT2D eigenvalue weighted by atomic mass is 32.2. The Hall–Kier alpha value is -2.39. The Morgan fingerprint density at radius 3 is 2.27 bits per heavy atom. The van der Waals surface area contributed by atoms with Gasteiger partial charge < -0.3 is 10.1 Å². The van der Waals surface area contributed by atoms with Crippen LogP contribution in [0, 0.1) is 17.6 Å². The number of thiocyanates is 1. The molecular formula is C22H27N3O5S3. The molecule has 1 amide bonds. The Bertz CT molecular complexity index is 1130. The second kappa shape index (κ2) is 12.2. The number of thiophene rings is 1. The lowest BCUT2D eigenvalue weighted by atomic mass is 10.2. The summed E-state index contributed by atoms with van der Waals surface area (Å²) in [5, 5.41) is 14.2. The van der Waals surface area contributed by atoms with Gasteiger partial charge in [-0.2, -0.15) is 9.57 Å². The molecule has 2 aromatic rings. The minimum atomic E-state index is -3.65. The maximum Gasteiger partial charge on any atom is 0.348 e. The van der Waals surface area contributed by atoms with Gasteiger partial charge in [0.05, 0.1) is 16.4 Å². The van der Waals surface area contributed by atoms with Gasteiger partial charge >= 0.3 is 5.97 Å². The number of carbonyl (C=O) groups is 2. The number of amides is 1. The second-order valence-corrected chi connectivity index (χ2v) is 10.8. The van der Waals surface area contributed by atoms with E-state index in [1.165, 1.54) is 28.6 Å². The summed E-state index contributed by atoms with van der Waals surface area (Å²) in [7, 11) is -3.65. The first kappa shape index (κ1) is 26.9. The molecule has 2 rings (SSSR count). The molecule has 0 spiro atoms. The highest BCUT2D eigenvalue weighted by Gasteiger charge is 2.25. The maximum absolute atomic E-state index is 12.9. The van der Waals surface area contributed by atoms with Crippen molar-refractivity contribution in [1.82, 2.24) is 4.31 Å². The summed E-state index contributed by atoms with van der Waals surface area (Å²) in [6, 6.07) is 5.72. The van der Waals surface area contributed by atoms with E-state index in [1.54, 1.807) is 13.8 Å². The van der Waals surface area contributed by atoms with Gasteiger partial charge in [-0.1, -0.05) is 13.8 Å². The van der Waals surface area contributed by atoms with Crippen LogP contribution >= 0.6 is 23.1 Å². The number of nitrogens with one attached hydrogen (secondary N) is 1. The summed E-state index contributed by atoms with van der Waals surface area (Å²) >= 11 is 1.89. The van der Waals surface area contributed by atoms with Gasteiger partial charge in [0.2, 0.25) is 10.0 Å². The average Bonchev–Trinajstić information content (AvgIpc) is 3.09. The van der Waals surface area contributed by atoms with Gasteiger partial charge in [0, 0.05) is 18.7 Å². The van der Waals surface area contributed by atoms with E-state index in [9.17, 15) is 18.0 Å². The van der Waals surface area contributed by atoms with Crippen molar-refractivity contribution < 1.29 is 22.7 Å². The number of ether oxygens (including phenoxy) is 1. The lowest BCUT2D eigenvalue weighted by molar-refractivity contribution is 0.0531. The normalized spacial score (nSPS) is 11.3. The zero-order valence-electron chi connectivity index (χ0n) is 19.0. The molecule has 0 atom stereocenters. The molecule has 0 saturated heterocycles. The number of nitrogens with zero attached hydrogens (tertiary/aromatic N) is 2. The van der Waals surface area contributed by atoms with E-state index < -0.39 is 21.9 Å². The first-order valence-electron chi connectivity index (χ1n) is 10.5. The van der Waals surface area contributed by atoms with Gasteiger partial charge in [-0.15, -0.1) is 11.3 Å². The van der Waals surface area contributed by atoms with Crippen molar-refractivity contribution in [3.63, 3.8) is 0 Å². The molecular weight excluding hydrogens is 482 g/mol. The van der Waals surface area contributed by atoms with E-state index in [1.807, 2.05) is 19.2 Å². The summed E-state index contributed by atoms with van der Waals surface area (Å²) in [6.07, 6.45) is 1.41. The Kier molecular flexibility index (Phi) is 9.91. The third-order valence-corrected chi connectivity index (χ3v) is 8.66. The molecule has 1 aromatic carbocycles. The molecule has 0 bridgehead atoms. The van der Waals surface area contributed by atoms with Gasteiger partial charge in [-0.05, 0) is 68.3 Å². The number of carbonyl (C=O) groups excluding carboxylic acids is 2. The van der Waals surface area contributed by atoms with Gasteiger partial charge in [0.25, 0.3) is 5.91 Å². The van der Waals surface area contributed by atoms with Gasteiger partial charge in [-0.3, -0.25) is 4.79 Å². The Morgan fingerprint density at radius 1 is 1.15 bits per heavy atom. The molecule has 1 aromatic heterocycles. The first-order chi connectivity index (χ1) is 15.7. The van der Waals surface area contributed by atoms with Crippen LogP contribution in [0.4, 0.5) is 5.00 Å². The number of benzene rings is 1. The van der Waals surface area contributed by atoms with Crippen molar-refractivity contribution in [3.8, 4) is 5.40 Å². The van der Waals surface area contributed by atoms with Crippen LogP contribution in [0.5, 0.6) is 0 Å². The number of thioether (sulfide) groups is 1. The SMILES string of the molecule is CCCN(CCC)S(=O)(=O)c1ccc(C(=O)Nc2sc(C(=O)OCC)c(C)c2SC#N)cc1. The summed E-state index contributed by atoms with van der Waals surface area (Å²) in [6.45, 7) is 8.30. The lowest BCUT2D eigenvalue weighted by Crippen LogP contribution is -2.32. The Morgan fingerprint density at radius 2 is 1.76 bits per heavy atom.